The zero-order valence-electron chi connectivity index (χ0n) is 12.7. The van der Waals surface area contributed by atoms with E-state index in [0.29, 0.717) is 23.0 Å². The van der Waals surface area contributed by atoms with Gasteiger partial charge >= 0.3 is 0 Å². The van der Waals surface area contributed by atoms with Gasteiger partial charge in [0.1, 0.15) is 5.75 Å². The number of anilines is 1. The minimum Gasteiger partial charge on any atom is -0.495 e. The van der Waals surface area contributed by atoms with Crippen molar-refractivity contribution in [3.8, 4) is 5.75 Å². The Morgan fingerprint density at radius 2 is 1.95 bits per heavy atom. The lowest BCUT2D eigenvalue weighted by molar-refractivity contribution is -0.128. The third kappa shape index (κ3) is 4.40. The molecular formula is C17H19ClN2O2. The lowest BCUT2D eigenvalue weighted by Crippen LogP contribution is -2.31. The van der Waals surface area contributed by atoms with Crippen LogP contribution in [0, 0.1) is 0 Å². The summed E-state index contributed by atoms with van der Waals surface area (Å²) in [4.78, 5) is 13.9. The van der Waals surface area contributed by atoms with Crippen LogP contribution in [0.4, 0.5) is 5.69 Å². The maximum absolute atomic E-state index is 12.2. The van der Waals surface area contributed by atoms with E-state index in [9.17, 15) is 4.79 Å². The number of hydrogen-bond acceptors (Lipinski definition) is 3. The molecule has 0 atom stereocenters. The van der Waals surface area contributed by atoms with Crippen LogP contribution in [0.1, 0.15) is 5.56 Å². The molecule has 4 nitrogen and oxygen atoms in total. The number of likely N-dealkylation sites (N-methyl/N-ethyl adjacent to an activating group) is 1. The molecule has 0 aliphatic heterocycles. The molecule has 1 N–H and O–H groups in total. The summed E-state index contributed by atoms with van der Waals surface area (Å²) in [6.07, 6.45) is 0. The van der Waals surface area contributed by atoms with Crippen molar-refractivity contribution in [3.63, 3.8) is 0 Å². The van der Waals surface area contributed by atoms with Gasteiger partial charge in [-0.3, -0.25) is 4.79 Å². The van der Waals surface area contributed by atoms with Crippen LogP contribution in [0.2, 0.25) is 5.02 Å². The molecule has 0 aromatic heterocycles. The van der Waals surface area contributed by atoms with Gasteiger partial charge in [-0.1, -0.05) is 41.9 Å². The Morgan fingerprint density at radius 3 is 2.64 bits per heavy atom. The number of carbonyl (C=O) groups is 1. The standard InChI is InChI=1S/C17H19ClN2O2/c1-20(12-13-6-4-3-5-7-13)17(21)11-19-15-10-14(18)8-9-16(15)22-2/h3-10,19H,11-12H2,1-2H3. The maximum atomic E-state index is 12.2. The van der Waals surface area contributed by atoms with Gasteiger partial charge in [0.2, 0.25) is 5.91 Å². The van der Waals surface area contributed by atoms with Crippen LogP contribution in [-0.2, 0) is 11.3 Å². The number of hydrogen-bond donors (Lipinski definition) is 1. The molecular weight excluding hydrogens is 300 g/mol. The number of nitrogens with zero attached hydrogens (tertiary/aromatic N) is 1. The molecule has 0 aliphatic rings. The minimum absolute atomic E-state index is 0.00844. The normalized spacial score (nSPS) is 10.1. The second-order valence-corrected chi connectivity index (χ2v) is 5.37. The predicted molar refractivity (Wildman–Crippen MR) is 89.4 cm³/mol. The molecule has 0 spiro atoms. The second-order valence-electron chi connectivity index (χ2n) is 4.93. The van der Waals surface area contributed by atoms with Gasteiger partial charge in [-0.25, -0.2) is 0 Å². The fourth-order valence-electron chi connectivity index (χ4n) is 2.07. The predicted octanol–water partition coefficient (Wildman–Crippen LogP) is 3.42. The van der Waals surface area contributed by atoms with Crippen LogP contribution in [-0.4, -0.2) is 31.5 Å². The third-order valence-electron chi connectivity index (χ3n) is 3.28. The van der Waals surface area contributed by atoms with E-state index in [2.05, 4.69) is 5.32 Å². The topological polar surface area (TPSA) is 41.6 Å². The highest BCUT2D eigenvalue weighted by Crippen LogP contribution is 2.27. The van der Waals surface area contributed by atoms with Gasteiger partial charge in [-0.05, 0) is 23.8 Å². The SMILES string of the molecule is COc1ccc(Cl)cc1NCC(=O)N(C)Cc1ccccc1. The number of carbonyl (C=O) groups excluding carboxylic acids is 1. The maximum Gasteiger partial charge on any atom is 0.241 e. The first-order valence-electron chi connectivity index (χ1n) is 6.95. The molecule has 0 saturated carbocycles. The van der Waals surface area contributed by atoms with Crippen LogP contribution in [0.25, 0.3) is 0 Å². The Balaban J connectivity index is 1.93. The van der Waals surface area contributed by atoms with Gasteiger partial charge in [0, 0.05) is 18.6 Å². The Hall–Kier alpha value is -2.20. The molecule has 2 aromatic rings. The van der Waals surface area contributed by atoms with Gasteiger partial charge in [-0.15, -0.1) is 0 Å². The molecule has 0 saturated heterocycles. The van der Waals surface area contributed by atoms with Crippen LogP contribution >= 0.6 is 11.6 Å². The molecule has 2 rings (SSSR count). The molecule has 22 heavy (non-hydrogen) atoms. The van der Waals surface area contributed by atoms with Crippen molar-refractivity contribution in [2.24, 2.45) is 0 Å². The Morgan fingerprint density at radius 1 is 1.23 bits per heavy atom. The molecule has 2 aromatic carbocycles. The summed E-state index contributed by atoms with van der Waals surface area (Å²) in [5, 5.41) is 3.66. The highest BCUT2D eigenvalue weighted by Gasteiger charge is 2.11. The van der Waals surface area contributed by atoms with Gasteiger partial charge in [-0.2, -0.15) is 0 Å². The van der Waals surface area contributed by atoms with E-state index in [1.165, 1.54) is 0 Å². The van der Waals surface area contributed by atoms with Crippen molar-refractivity contribution < 1.29 is 9.53 Å². The lowest BCUT2D eigenvalue weighted by atomic mass is 10.2. The quantitative estimate of drug-likeness (QED) is 0.887. The van der Waals surface area contributed by atoms with Crippen LogP contribution in [0.5, 0.6) is 5.75 Å². The average molecular weight is 319 g/mol. The van der Waals surface area contributed by atoms with E-state index in [1.54, 1.807) is 37.3 Å². The first kappa shape index (κ1) is 16.2. The molecule has 0 heterocycles. The monoisotopic (exact) mass is 318 g/mol. The number of rotatable bonds is 6. The highest BCUT2D eigenvalue weighted by molar-refractivity contribution is 6.30. The summed E-state index contributed by atoms with van der Waals surface area (Å²) in [5.74, 6) is 0.647. The molecule has 0 bridgehead atoms. The van der Waals surface area contributed by atoms with E-state index in [-0.39, 0.29) is 12.5 Å². The molecule has 116 valence electrons. The summed E-state index contributed by atoms with van der Waals surface area (Å²) in [6, 6.07) is 15.1. The van der Waals surface area contributed by atoms with Crippen molar-refractivity contribution in [1.29, 1.82) is 0 Å². The van der Waals surface area contributed by atoms with Crippen molar-refractivity contribution in [2.45, 2.75) is 6.54 Å². The smallest absolute Gasteiger partial charge is 0.241 e. The Bertz CT molecular complexity index is 632. The molecule has 0 aliphatic carbocycles. The number of halogens is 1. The molecule has 0 unspecified atom stereocenters. The highest BCUT2D eigenvalue weighted by atomic mass is 35.5. The summed E-state index contributed by atoms with van der Waals surface area (Å²) < 4.78 is 5.24. The summed E-state index contributed by atoms with van der Waals surface area (Å²) in [7, 11) is 3.37. The van der Waals surface area contributed by atoms with Gasteiger partial charge in [0.05, 0.1) is 19.3 Å². The Kier molecular flexibility index (Phi) is 5.67. The fourth-order valence-corrected chi connectivity index (χ4v) is 2.24. The van der Waals surface area contributed by atoms with Crippen LogP contribution < -0.4 is 10.1 Å². The van der Waals surface area contributed by atoms with E-state index >= 15 is 0 Å². The number of methoxy groups -OCH3 is 1. The Labute approximate surface area is 135 Å². The number of nitrogens with one attached hydrogen (secondary N) is 1. The molecule has 0 radical (unpaired) electrons. The van der Waals surface area contributed by atoms with Crippen molar-refractivity contribution in [2.75, 3.05) is 26.0 Å². The summed E-state index contributed by atoms with van der Waals surface area (Å²) >= 11 is 5.97. The van der Waals surface area contributed by atoms with E-state index in [4.69, 9.17) is 16.3 Å². The molecule has 0 fully saturated rings. The first-order valence-corrected chi connectivity index (χ1v) is 7.33. The van der Waals surface area contributed by atoms with Crippen LogP contribution in [0.3, 0.4) is 0 Å². The fraction of sp³-hybridized carbons (Fsp3) is 0.235. The average Bonchev–Trinajstić information content (AvgIpc) is 2.53. The van der Waals surface area contributed by atoms with E-state index < -0.39 is 0 Å². The van der Waals surface area contributed by atoms with Gasteiger partial charge in [0.25, 0.3) is 0 Å². The van der Waals surface area contributed by atoms with Crippen molar-refractivity contribution in [1.82, 2.24) is 4.90 Å². The number of amides is 1. The number of benzene rings is 2. The zero-order valence-corrected chi connectivity index (χ0v) is 13.4. The lowest BCUT2D eigenvalue weighted by Gasteiger charge is -2.18. The van der Waals surface area contributed by atoms with Crippen LogP contribution in [0.15, 0.2) is 48.5 Å². The third-order valence-corrected chi connectivity index (χ3v) is 3.52. The summed E-state index contributed by atoms with van der Waals surface area (Å²) in [5.41, 5.74) is 1.80. The summed E-state index contributed by atoms with van der Waals surface area (Å²) in [6.45, 7) is 0.758. The first-order chi connectivity index (χ1) is 10.6. The molecule has 1 amide bonds. The van der Waals surface area contributed by atoms with Gasteiger partial charge < -0.3 is 15.0 Å². The number of ether oxygens (including phenoxy) is 1. The van der Waals surface area contributed by atoms with E-state index in [1.807, 2.05) is 30.3 Å². The van der Waals surface area contributed by atoms with Crippen molar-refractivity contribution in [3.05, 3.63) is 59.1 Å². The van der Waals surface area contributed by atoms with E-state index in [0.717, 1.165) is 5.56 Å². The van der Waals surface area contributed by atoms with Crippen molar-refractivity contribution >= 4 is 23.2 Å². The second kappa shape index (κ2) is 7.71. The largest absolute Gasteiger partial charge is 0.495 e. The van der Waals surface area contributed by atoms with Gasteiger partial charge in [0.15, 0.2) is 0 Å². The molecule has 5 heteroatoms. The minimum atomic E-state index is -0.00844. The zero-order chi connectivity index (χ0) is 15.9.